The number of hydrogen-bond acceptors (Lipinski definition) is 8. The van der Waals surface area contributed by atoms with Crippen molar-refractivity contribution in [2.75, 3.05) is 19.3 Å². The number of anilines is 1. The van der Waals surface area contributed by atoms with Gasteiger partial charge >= 0.3 is 0 Å². The van der Waals surface area contributed by atoms with Crippen LogP contribution in [0.1, 0.15) is 43.1 Å². The quantitative estimate of drug-likeness (QED) is 0.396. The minimum absolute atomic E-state index is 0.204. The number of nitrogens with two attached hydrogens (primary N) is 3. The fourth-order valence-corrected chi connectivity index (χ4v) is 3.41. The second-order valence-electron chi connectivity index (χ2n) is 7.02. The molecule has 0 amide bonds. The van der Waals surface area contributed by atoms with Crippen LogP contribution in [0.5, 0.6) is 5.75 Å². The number of ether oxygens (including phenoxy) is 1. The number of nitrogens with zero attached hydrogens (tertiary/aromatic N) is 4. The number of fused-ring (bicyclic) bond motifs is 3. The van der Waals surface area contributed by atoms with E-state index >= 15 is 0 Å². The first-order valence-electron chi connectivity index (χ1n) is 9.84. The van der Waals surface area contributed by atoms with E-state index in [1.807, 2.05) is 6.92 Å². The number of halogens is 1. The molecule has 1 aromatic carbocycles. The van der Waals surface area contributed by atoms with Crippen LogP contribution < -0.4 is 22.0 Å². The maximum Gasteiger partial charge on any atom is 0.166 e. The van der Waals surface area contributed by atoms with Crippen LogP contribution in [0.4, 0.5) is 10.2 Å². The van der Waals surface area contributed by atoms with E-state index in [4.69, 9.17) is 27.0 Å². The first-order valence-corrected chi connectivity index (χ1v) is 9.84. The summed E-state index contributed by atoms with van der Waals surface area (Å²) in [6.45, 7) is 3.94. The van der Waals surface area contributed by atoms with Crippen molar-refractivity contribution in [3.05, 3.63) is 58.5 Å². The van der Waals surface area contributed by atoms with Crippen molar-refractivity contribution in [1.82, 2.24) is 4.98 Å². The van der Waals surface area contributed by atoms with Gasteiger partial charge in [0.05, 0.1) is 18.0 Å². The number of hydrazone groups is 1. The number of aromatic nitrogens is 1. The molecule has 1 unspecified atom stereocenters. The molecule has 162 valence electrons. The van der Waals surface area contributed by atoms with Crippen molar-refractivity contribution in [3.8, 4) is 5.75 Å². The molecule has 2 aromatic rings. The van der Waals surface area contributed by atoms with Crippen LogP contribution in [-0.2, 0) is 0 Å². The van der Waals surface area contributed by atoms with Gasteiger partial charge in [0.1, 0.15) is 11.9 Å². The van der Waals surface area contributed by atoms with Gasteiger partial charge in [-0.3, -0.25) is 9.98 Å². The lowest BCUT2D eigenvalue weighted by Crippen LogP contribution is -2.20. The van der Waals surface area contributed by atoms with E-state index in [9.17, 15) is 4.39 Å². The minimum atomic E-state index is -0.558. The number of rotatable bonds is 3. The average molecular weight is 423 g/mol. The molecule has 0 aliphatic carbocycles. The first-order chi connectivity index (χ1) is 14.9. The Labute approximate surface area is 180 Å². The number of nitrogen functional groups attached to an aromatic ring is 1. The summed E-state index contributed by atoms with van der Waals surface area (Å²) in [6.07, 6.45) is 3.23. The Hall–Kier alpha value is -3.75. The molecule has 0 radical (unpaired) electrons. The fraction of sp³-hybridized carbons (Fsp3) is 0.273. The van der Waals surface area contributed by atoms with Crippen LogP contribution in [0.3, 0.4) is 0 Å². The number of hydrogen-bond donors (Lipinski definition) is 3. The third-order valence-corrected chi connectivity index (χ3v) is 5.00. The van der Waals surface area contributed by atoms with Gasteiger partial charge in [-0.15, -0.1) is 0 Å². The van der Waals surface area contributed by atoms with Gasteiger partial charge in [0.25, 0.3) is 0 Å². The van der Waals surface area contributed by atoms with Crippen molar-refractivity contribution < 1.29 is 9.13 Å². The number of benzene rings is 1. The molecule has 0 saturated heterocycles. The van der Waals surface area contributed by atoms with E-state index in [1.165, 1.54) is 12.1 Å². The minimum Gasteiger partial charge on any atom is -0.482 e. The molecular weight excluding hydrogens is 397 g/mol. The van der Waals surface area contributed by atoms with Crippen molar-refractivity contribution in [2.24, 2.45) is 26.7 Å². The van der Waals surface area contributed by atoms with Gasteiger partial charge in [-0.2, -0.15) is 5.10 Å². The van der Waals surface area contributed by atoms with Gasteiger partial charge in [-0.05, 0) is 37.6 Å². The molecule has 2 bridgehead atoms. The van der Waals surface area contributed by atoms with Crippen molar-refractivity contribution in [3.63, 3.8) is 0 Å². The summed E-state index contributed by atoms with van der Waals surface area (Å²) in [5.74, 6) is 5.77. The molecule has 1 aromatic heterocycles. The van der Waals surface area contributed by atoms with E-state index in [2.05, 4.69) is 15.1 Å². The first kappa shape index (κ1) is 21.9. The highest BCUT2D eigenvalue weighted by atomic mass is 19.1. The topological polar surface area (TPSA) is 137 Å². The highest BCUT2D eigenvalue weighted by Gasteiger charge is 2.21. The third-order valence-electron chi connectivity index (χ3n) is 5.00. The average Bonchev–Trinajstić information content (AvgIpc) is 2.76. The number of aliphatic imine (C=N–C) groups is 2. The van der Waals surface area contributed by atoms with E-state index < -0.39 is 11.9 Å². The zero-order chi connectivity index (χ0) is 22.5. The molecule has 6 N–H and O–H groups in total. The predicted octanol–water partition coefficient (Wildman–Crippen LogP) is 2.84. The second kappa shape index (κ2) is 9.38. The summed E-state index contributed by atoms with van der Waals surface area (Å²) in [6, 6.07) is 6.11. The molecule has 1 atom stereocenters. The van der Waals surface area contributed by atoms with Crippen molar-refractivity contribution in [1.29, 1.82) is 0 Å². The molecule has 3 rings (SSSR count). The van der Waals surface area contributed by atoms with E-state index in [0.29, 0.717) is 51.6 Å². The van der Waals surface area contributed by atoms with E-state index in [1.54, 1.807) is 38.5 Å². The maximum absolute atomic E-state index is 14.1. The summed E-state index contributed by atoms with van der Waals surface area (Å²) in [5.41, 5.74) is 16.7. The molecule has 2 heterocycles. The van der Waals surface area contributed by atoms with Crippen LogP contribution in [-0.4, -0.2) is 36.2 Å². The SMILES string of the molecule is CCC(=NN)C1=NCC(C=NC)=C(N)c2ccc(F)cc2C(C)Oc2cc1cnc2N. The van der Waals surface area contributed by atoms with Gasteiger partial charge in [0.15, 0.2) is 11.6 Å². The Kier molecular flexibility index (Phi) is 6.64. The van der Waals surface area contributed by atoms with Gasteiger partial charge < -0.3 is 22.0 Å². The largest absolute Gasteiger partial charge is 0.482 e. The molecule has 1 aliphatic rings. The van der Waals surface area contributed by atoms with Crippen LogP contribution in [0.25, 0.3) is 5.70 Å². The Morgan fingerprint density at radius 3 is 2.77 bits per heavy atom. The molecule has 0 fully saturated rings. The summed E-state index contributed by atoms with van der Waals surface area (Å²) in [5, 5.41) is 3.89. The van der Waals surface area contributed by atoms with E-state index in [0.717, 1.165) is 0 Å². The third kappa shape index (κ3) is 4.55. The van der Waals surface area contributed by atoms with Crippen molar-refractivity contribution in [2.45, 2.75) is 26.4 Å². The summed E-state index contributed by atoms with van der Waals surface area (Å²) in [4.78, 5) is 13.1. The van der Waals surface area contributed by atoms with Crippen LogP contribution in [0.2, 0.25) is 0 Å². The normalized spacial score (nSPS) is 17.5. The van der Waals surface area contributed by atoms with Gasteiger partial charge in [-0.1, -0.05) is 6.92 Å². The predicted molar refractivity (Wildman–Crippen MR) is 123 cm³/mol. The zero-order valence-corrected chi connectivity index (χ0v) is 17.8. The smallest absolute Gasteiger partial charge is 0.166 e. The Bertz CT molecular complexity index is 1110. The highest BCUT2D eigenvalue weighted by molar-refractivity contribution is 6.48. The lowest BCUT2D eigenvalue weighted by atomic mass is 9.97. The lowest BCUT2D eigenvalue weighted by Gasteiger charge is -2.22. The molecule has 0 spiro atoms. The lowest BCUT2D eigenvalue weighted by molar-refractivity contribution is 0.226. The number of pyridine rings is 1. The Morgan fingerprint density at radius 2 is 2.10 bits per heavy atom. The van der Waals surface area contributed by atoms with Crippen LogP contribution >= 0.6 is 0 Å². The van der Waals surface area contributed by atoms with Gasteiger partial charge in [0.2, 0.25) is 0 Å². The van der Waals surface area contributed by atoms with Crippen molar-refractivity contribution >= 4 is 29.2 Å². The summed E-state index contributed by atoms with van der Waals surface area (Å²) >= 11 is 0. The van der Waals surface area contributed by atoms with Gasteiger partial charge in [0, 0.05) is 47.4 Å². The zero-order valence-electron chi connectivity index (χ0n) is 17.8. The Balaban J connectivity index is 2.32. The summed E-state index contributed by atoms with van der Waals surface area (Å²) in [7, 11) is 1.65. The fourth-order valence-electron chi connectivity index (χ4n) is 3.41. The molecule has 1 aliphatic heterocycles. The molecule has 8 nitrogen and oxygen atoms in total. The van der Waals surface area contributed by atoms with Crippen LogP contribution in [0, 0.1) is 5.82 Å². The standard InChI is InChI=1S/C22H26FN7O/c1-4-18(30-26)21-13-7-19(22(25)29-10-13)31-12(2)17-8-15(23)5-6-16(17)20(24)14(9-27-3)11-28-21/h5-10,12H,4,11,24,26H2,1-3H3,(H2,25,29). The molecule has 0 saturated carbocycles. The molecule has 31 heavy (non-hydrogen) atoms. The second-order valence-corrected chi connectivity index (χ2v) is 7.02. The van der Waals surface area contributed by atoms with E-state index in [-0.39, 0.29) is 12.4 Å². The maximum atomic E-state index is 14.1. The summed E-state index contributed by atoms with van der Waals surface area (Å²) < 4.78 is 20.2. The Morgan fingerprint density at radius 1 is 1.32 bits per heavy atom. The highest BCUT2D eigenvalue weighted by Crippen LogP contribution is 2.32. The van der Waals surface area contributed by atoms with Crippen LogP contribution in [0.15, 0.2) is 51.1 Å². The molecular formula is C22H26FN7O. The monoisotopic (exact) mass is 423 g/mol. The molecule has 9 heteroatoms. The van der Waals surface area contributed by atoms with Gasteiger partial charge in [-0.25, -0.2) is 9.37 Å².